The summed E-state index contributed by atoms with van der Waals surface area (Å²) in [5.74, 6) is 0.498. The first-order chi connectivity index (χ1) is 18.6. The molecule has 224 valence electrons. The maximum atomic E-state index is 13.9. The molecule has 4 nitrogen and oxygen atoms in total. The molecule has 1 N–H and O–H groups in total. The molecule has 0 saturated heterocycles. The van der Waals surface area contributed by atoms with E-state index in [1.54, 1.807) is 6.20 Å². The highest BCUT2D eigenvalue weighted by atomic mass is 16.5. The van der Waals surface area contributed by atoms with Crippen LogP contribution in [0.3, 0.4) is 0 Å². The standard InChI is InChI=1S/C37H53NO3/c1-24(26-15-14-16-38-22-26)41-23-37(20-29(35(8,9)10)32(40)30(21-37)36(11,12)13)19-25-17-27(33(2,3)4)31(39)28(18-25)34(5,6)7/h14-18,20-22,24,39H,19,23H2,1-13H3. The Labute approximate surface area is 249 Å². The average Bonchev–Trinajstić information content (AvgIpc) is 2.82. The van der Waals surface area contributed by atoms with Crippen LogP contribution in [-0.4, -0.2) is 22.5 Å². The Morgan fingerprint density at radius 2 is 1.32 bits per heavy atom. The third-order valence-electron chi connectivity index (χ3n) is 8.04. The molecule has 0 radical (unpaired) electrons. The molecule has 3 rings (SSSR count). The highest BCUT2D eigenvalue weighted by molar-refractivity contribution is 6.11. The lowest BCUT2D eigenvalue weighted by Crippen LogP contribution is -2.37. The Morgan fingerprint density at radius 1 is 0.829 bits per heavy atom. The van der Waals surface area contributed by atoms with Crippen LogP contribution in [0.2, 0.25) is 0 Å². The highest BCUT2D eigenvalue weighted by Crippen LogP contribution is 2.47. The summed E-state index contributed by atoms with van der Waals surface area (Å²) in [6.45, 7) is 28.0. The first kappa shape index (κ1) is 32.8. The van der Waals surface area contributed by atoms with Gasteiger partial charge in [-0.15, -0.1) is 0 Å². The largest absolute Gasteiger partial charge is 0.507 e. The molecule has 0 spiro atoms. The van der Waals surface area contributed by atoms with Crippen LogP contribution >= 0.6 is 0 Å². The molecule has 1 aromatic carbocycles. The van der Waals surface area contributed by atoms with Crippen molar-refractivity contribution in [2.75, 3.05) is 6.61 Å². The van der Waals surface area contributed by atoms with Gasteiger partial charge in [0.25, 0.3) is 0 Å². The van der Waals surface area contributed by atoms with Crippen molar-refractivity contribution in [3.8, 4) is 5.75 Å². The lowest BCUT2D eigenvalue weighted by atomic mass is 9.65. The van der Waals surface area contributed by atoms with Crippen LogP contribution in [0.1, 0.15) is 118 Å². The van der Waals surface area contributed by atoms with E-state index in [9.17, 15) is 9.90 Å². The Bertz CT molecular complexity index is 1250. The van der Waals surface area contributed by atoms with Gasteiger partial charge in [-0.25, -0.2) is 0 Å². The summed E-state index contributed by atoms with van der Waals surface area (Å²) < 4.78 is 6.63. The quantitative estimate of drug-likeness (QED) is 0.383. The molecule has 1 atom stereocenters. The summed E-state index contributed by atoms with van der Waals surface area (Å²) in [5, 5.41) is 11.4. The molecule has 1 aliphatic carbocycles. The van der Waals surface area contributed by atoms with Gasteiger partial charge in [0.05, 0.1) is 12.7 Å². The summed E-state index contributed by atoms with van der Waals surface area (Å²) in [4.78, 5) is 18.2. The predicted octanol–water partition coefficient (Wildman–Crippen LogP) is 9.22. The number of allylic oxidation sites excluding steroid dienone is 2. The van der Waals surface area contributed by atoms with Crippen molar-refractivity contribution in [3.05, 3.63) is 82.2 Å². The molecular formula is C37H53NO3. The van der Waals surface area contributed by atoms with Crippen LogP contribution in [0.5, 0.6) is 5.75 Å². The SMILES string of the molecule is CC(OCC1(Cc2cc(C(C)(C)C)c(O)c(C(C)(C)C)c2)C=C(C(C)(C)C)C(=O)C(C(C)(C)C)=C1)c1cccnc1. The number of ether oxygens (including phenoxy) is 1. The van der Waals surface area contributed by atoms with E-state index in [2.05, 4.69) is 119 Å². The van der Waals surface area contributed by atoms with Crippen molar-refractivity contribution in [2.24, 2.45) is 16.2 Å². The van der Waals surface area contributed by atoms with Crippen LogP contribution < -0.4 is 0 Å². The third kappa shape index (κ3) is 7.57. The summed E-state index contributed by atoms with van der Waals surface area (Å²) in [6, 6.07) is 8.27. The molecule has 1 unspecified atom stereocenters. The molecule has 0 amide bonds. The van der Waals surface area contributed by atoms with Gasteiger partial charge in [0.1, 0.15) is 5.75 Å². The third-order valence-corrected chi connectivity index (χ3v) is 8.04. The number of aromatic hydroxyl groups is 1. The lowest BCUT2D eigenvalue weighted by Gasteiger charge is -2.40. The van der Waals surface area contributed by atoms with E-state index in [-0.39, 0.29) is 33.5 Å². The Morgan fingerprint density at radius 3 is 1.71 bits per heavy atom. The summed E-state index contributed by atoms with van der Waals surface area (Å²) in [6.07, 6.45) is 8.46. The van der Waals surface area contributed by atoms with Gasteiger partial charge in [-0.3, -0.25) is 9.78 Å². The fourth-order valence-electron chi connectivity index (χ4n) is 5.56. The molecule has 0 saturated carbocycles. The molecular weight excluding hydrogens is 506 g/mol. The molecule has 0 fully saturated rings. The monoisotopic (exact) mass is 559 g/mol. The van der Waals surface area contributed by atoms with Crippen molar-refractivity contribution in [3.63, 3.8) is 0 Å². The Balaban J connectivity index is 2.27. The molecule has 0 aliphatic heterocycles. The van der Waals surface area contributed by atoms with Gasteiger partial charge in [-0.1, -0.05) is 113 Å². The van der Waals surface area contributed by atoms with Gasteiger partial charge < -0.3 is 9.84 Å². The lowest BCUT2D eigenvalue weighted by molar-refractivity contribution is -0.114. The minimum Gasteiger partial charge on any atom is -0.507 e. The van der Waals surface area contributed by atoms with Crippen molar-refractivity contribution < 1.29 is 14.6 Å². The molecule has 1 heterocycles. The minimum atomic E-state index is -0.559. The van der Waals surface area contributed by atoms with Crippen LogP contribution in [0.4, 0.5) is 0 Å². The predicted molar refractivity (Wildman–Crippen MR) is 170 cm³/mol. The number of ketones is 1. The first-order valence-electron chi connectivity index (χ1n) is 14.9. The molecule has 4 heteroatoms. The zero-order valence-corrected chi connectivity index (χ0v) is 27.8. The number of pyridine rings is 1. The Kier molecular flexibility index (Phi) is 8.93. The van der Waals surface area contributed by atoms with E-state index in [4.69, 9.17) is 4.74 Å². The second-order valence-corrected chi connectivity index (χ2v) is 16.1. The second-order valence-electron chi connectivity index (χ2n) is 16.1. The van der Waals surface area contributed by atoms with Gasteiger partial charge in [-0.05, 0) is 63.3 Å². The van der Waals surface area contributed by atoms with E-state index in [0.717, 1.165) is 33.4 Å². The number of phenols is 1. The van der Waals surface area contributed by atoms with E-state index in [0.29, 0.717) is 18.8 Å². The number of benzene rings is 1. The molecule has 0 bridgehead atoms. The molecule has 1 aliphatic rings. The van der Waals surface area contributed by atoms with Crippen molar-refractivity contribution in [1.29, 1.82) is 0 Å². The maximum Gasteiger partial charge on any atom is 0.185 e. The smallest absolute Gasteiger partial charge is 0.185 e. The summed E-state index contributed by atoms with van der Waals surface area (Å²) in [7, 11) is 0. The van der Waals surface area contributed by atoms with Gasteiger partial charge in [0, 0.05) is 29.0 Å². The topological polar surface area (TPSA) is 59.4 Å². The van der Waals surface area contributed by atoms with Crippen LogP contribution in [0.15, 0.2) is 60.0 Å². The van der Waals surface area contributed by atoms with Crippen LogP contribution in [0.25, 0.3) is 0 Å². The molecule has 1 aromatic heterocycles. The number of Topliss-reactive ketones (excluding diaryl/α,β-unsaturated/α-hetero) is 1. The fraction of sp³-hybridized carbons (Fsp3) is 0.568. The van der Waals surface area contributed by atoms with Crippen LogP contribution in [-0.2, 0) is 26.8 Å². The average molecular weight is 560 g/mol. The van der Waals surface area contributed by atoms with E-state index >= 15 is 0 Å². The van der Waals surface area contributed by atoms with E-state index in [1.807, 2.05) is 18.3 Å². The minimum absolute atomic E-state index is 0.123. The number of carbonyl (C=O) groups is 1. The second kappa shape index (κ2) is 11.2. The zero-order valence-electron chi connectivity index (χ0n) is 27.8. The number of hydrogen-bond donors (Lipinski definition) is 1. The van der Waals surface area contributed by atoms with E-state index < -0.39 is 5.41 Å². The van der Waals surface area contributed by atoms with Gasteiger partial charge in [0.2, 0.25) is 0 Å². The maximum absolute atomic E-state index is 13.9. The number of phenolic OH excluding ortho intramolecular Hbond substituents is 1. The van der Waals surface area contributed by atoms with Crippen molar-refractivity contribution in [2.45, 2.75) is 113 Å². The number of rotatable bonds is 6. The van der Waals surface area contributed by atoms with Crippen LogP contribution in [0, 0.1) is 16.2 Å². The van der Waals surface area contributed by atoms with Gasteiger partial charge >= 0.3 is 0 Å². The normalized spacial score (nSPS) is 17.2. The number of nitrogens with zero attached hydrogens (tertiary/aromatic N) is 1. The van der Waals surface area contributed by atoms with Crippen molar-refractivity contribution >= 4 is 5.78 Å². The summed E-state index contributed by atoms with van der Waals surface area (Å²) >= 11 is 0. The fourth-order valence-corrected chi connectivity index (χ4v) is 5.56. The number of hydrogen-bond acceptors (Lipinski definition) is 4. The summed E-state index contributed by atoms with van der Waals surface area (Å²) in [5.41, 5.74) is 3.98. The van der Waals surface area contributed by atoms with Crippen molar-refractivity contribution in [1.82, 2.24) is 4.98 Å². The van der Waals surface area contributed by atoms with Gasteiger partial charge in [-0.2, -0.15) is 0 Å². The van der Waals surface area contributed by atoms with Gasteiger partial charge in [0.15, 0.2) is 5.78 Å². The Hall–Kier alpha value is -2.72. The molecule has 41 heavy (non-hydrogen) atoms. The number of carbonyl (C=O) groups excluding carboxylic acids is 1. The number of aromatic nitrogens is 1. The van der Waals surface area contributed by atoms with E-state index in [1.165, 1.54) is 0 Å². The zero-order chi connectivity index (χ0) is 31.2. The first-order valence-corrected chi connectivity index (χ1v) is 14.9. The highest BCUT2D eigenvalue weighted by Gasteiger charge is 2.42. The molecule has 2 aromatic rings.